The zero-order chi connectivity index (χ0) is 18.5. The van der Waals surface area contributed by atoms with Crippen molar-refractivity contribution in [3.8, 4) is 0 Å². The van der Waals surface area contributed by atoms with E-state index in [9.17, 15) is 4.79 Å². The normalized spacial score (nSPS) is 16.6. The van der Waals surface area contributed by atoms with Crippen LogP contribution in [0.4, 0.5) is 0 Å². The number of H-pyrrole nitrogens is 1. The van der Waals surface area contributed by atoms with Crippen LogP contribution in [-0.2, 0) is 12.8 Å². The molecule has 2 aromatic heterocycles. The number of nitrogens with zero attached hydrogens (tertiary/aromatic N) is 1. The number of benzene rings is 2. The van der Waals surface area contributed by atoms with Gasteiger partial charge in [0.05, 0.1) is 20.7 Å². The molecular formula is C20H15Cl2N3OS. The molecule has 1 aliphatic rings. The van der Waals surface area contributed by atoms with Gasteiger partial charge in [-0.3, -0.25) is 4.79 Å². The van der Waals surface area contributed by atoms with Gasteiger partial charge in [-0.25, -0.2) is 4.98 Å². The Hall–Kier alpha value is -2.08. The fourth-order valence-electron chi connectivity index (χ4n) is 3.86. The van der Waals surface area contributed by atoms with Crippen molar-refractivity contribution in [2.45, 2.75) is 25.3 Å². The molecule has 0 spiro atoms. The number of rotatable bonds is 2. The van der Waals surface area contributed by atoms with Gasteiger partial charge < -0.3 is 10.3 Å². The van der Waals surface area contributed by atoms with Crippen molar-refractivity contribution in [2.75, 3.05) is 0 Å². The summed E-state index contributed by atoms with van der Waals surface area (Å²) in [5.41, 5.74) is 6.71. The highest BCUT2D eigenvalue weighted by molar-refractivity contribution is 7.16. The lowest BCUT2D eigenvalue weighted by atomic mass is 9.91. The molecule has 1 aliphatic carbocycles. The lowest BCUT2D eigenvalue weighted by Gasteiger charge is -2.24. The molecular weight excluding hydrogens is 401 g/mol. The summed E-state index contributed by atoms with van der Waals surface area (Å²) < 4.78 is 1.02. The van der Waals surface area contributed by atoms with E-state index in [-0.39, 0.29) is 11.9 Å². The molecule has 27 heavy (non-hydrogen) atoms. The molecule has 5 rings (SSSR count). The number of hydrogen-bond donors (Lipinski definition) is 2. The number of halogens is 2. The number of aromatic nitrogens is 2. The van der Waals surface area contributed by atoms with E-state index in [0.717, 1.165) is 40.4 Å². The molecule has 2 N–H and O–H groups in total. The first-order valence-electron chi connectivity index (χ1n) is 8.71. The number of thiazole rings is 1. The van der Waals surface area contributed by atoms with Gasteiger partial charge in [0.2, 0.25) is 0 Å². The van der Waals surface area contributed by atoms with E-state index in [2.05, 4.69) is 15.3 Å². The molecule has 4 nitrogen and oxygen atoms in total. The molecule has 0 radical (unpaired) electrons. The lowest BCUT2D eigenvalue weighted by molar-refractivity contribution is 0.0934. The average Bonchev–Trinajstić information content (AvgIpc) is 3.24. The van der Waals surface area contributed by atoms with Crippen LogP contribution in [0.25, 0.3) is 21.1 Å². The Balaban J connectivity index is 1.41. The highest BCUT2D eigenvalue weighted by atomic mass is 35.5. The maximum absolute atomic E-state index is 12.7. The molecule has 0 aliphatic heterocycles. The number of carbonyl (C=O) groups is 1. The second-order valence-electron chi connectivity index (χ2n) is 6.84. The van der Waals surface area contributed by atoms with Gasteiger partial charge in [0.15, 0.2) is 0 Å². The van der Waals surface area contributed by atoms with Gasteiger partial charge in [0.1, 0.15) is 0 Å². The summed E-state index contributed by atoms with van der Waals surface area (Å²) >= 11 is 14.1. The largest absolute Gasteiger partial charge is 0.358 e. The van der Waals surface area contributed by atoms with E-state index in [1.807, 2.05) is 24.3 Å². The predicted molar refractivity (Wildman–Crippen MR) is 111 cm³/mol. The van der Waals surface area contributed by atoms with Gasteiger partial charge in [0.25, 0.3) is 5.91 Å². The zero-order valence-electron chi connectivity index (χ0n) is 14.2. The van der Waals surface area contributed by atoms with Crippen molar-refractivity contribution < 1.29 is 4.79 Å². The second kappa shape index (κ2) is 6.51. The van der Waals surface area contributed by atoms with Gasteiger partial charge >= 0.3 is 0 Å². The maximum Gasteiger partial charge on any atom is 0.251 e. The van der Waals surface area contributed by atoms with Crippen molar-refractivity contribution in [3.63, 3.8) is 0 Å². The summed E-state index contributed by atoms with van der Waals surface area (Å²) in [6.45, 7) is 0. The first-order valence-corrected chi connectivity index (χ1v) is 10.3. The van der Waals surface area contributed by atoms with Crippen molar-refractivity contribution in [2.24, 2.45) is 0 Å². The smallest absolute Gasteiger partial charge is 0.251 e. The minimum absolute atomic E-state index is 0.0484. The summed E-state index contributed by atoms with van der Waals surface area (Å²) in [5.74, 6) is -0.0484. The minimum atomic E-state index is -0.0484. The van der Waals surface area contributed by atoms with E-state index in [1.54, 1.807) is 22.9 Å². The van der Waals surface area contributed by atoms with Crippen LogP contribution in [0.3, 0.4) is 0 Å². The molecule has 0 fully saturated rings. The average molecular weight is 416 g/mol. The third-order valence-electron chi connectivity index (χ3n) is 5.13. The number of aryl methyl sites for hydroxylation is 1. The Morgan fingerprint density at radius 1 is 1.26 bits per heavy atom. The van der Waals surface area contributed by atoms with Crippen LogP contribution in [0.1, 0.15) is 28.0 Å². The fourth-order valence-corrected chi connectivity index (χ4v) is 5.19. The minimum Gasteiger partial charge on any atom is -0.358 e. The summed E-state index contributed by atoms with van der Waals surface area (Å²) in [6, 6.07) is 9.37. The summed E-state index contributed by atoms with van der Waals surface area (Å²) in [6.07, 6.45) is 2.52. The number of nitrogens with one attached hydrogen (secondary N) is 2. The number of amides is 1. The van der Waals surface area contributed by atoms with Crippen LogP contribution in [0, 0.1) is 0 Å². The Labute approximate surface area is 169 Å². The van der Waals surface area contributed by atoms with Crippen molar-refractivity contribution in [1.29, 1.82) is 0 Å². The zero-order valence-corrected chi connectivity index (χ0v) is 16.5. The molecule has 136 valence electrons. The highest BCUT2D eigenvalue weighted by Gasteiger charge is 2.25. The van der Waals surface area contributed by atoms with E-state index in [4.69, 9.17) is 23.2 Å². The quantitative estimate of drug-likeness (QED) is 0.462. The molecule has 1 unspecified atom stereocenters. The molecule has 1 amide bonds. The molecule has 7 heteroatoms. The van der Waals surface area contributed by atoms with Gasteiger partial charge in [0, 0.05) is 33.2 Å². The monoisotopic (exact) mass is 415 g/mol. The lowest BCUT2D eigenvalue weighted by Crippen LogP contribution is -2.38. The van der Waals surface area contributed by atoms with Crippen LogP contribution in [0.2, 0.25) is 10.0 Å². The van der Waals surface area contributed by atoms with E-state index < -0.39 is 0 Å². The Kier molecular flexibility index (Phi) is 4.11. The first kappa shape index (κ1) is 17.0. The number of aromatic amines is 1. The fraction of sp³-hybridized carbons (Fsp3) is 0.200. The standard InChI is InChI=1S/C20H15Cl2N3OS/c21-11-6-14(22)19-13-8-12(2-4-15(13)25-17(19)7-11)24-20(26)10-1-3-16-18(5-10)27-9-23-16/h1,3,5-7,9,12,25H,2,4,8H2,(H,24,26). The van der Waals surface area contributed by atoms with Gasteiger partial charge in [-0.2, -0.15) is 0 Å². The number of carbonyl (C=O) groups excluding carboxylic acids is 1. The van der Waals surface area contributed by atoms with E-state index in [1.165, 1.54) is 11.3 Å². The topological polar surface area (TPSA) is 57.8 Å². The van der Waals surface area contributed by atoms with Gasteiger partial charge in [-0.05, 0) is 55.2 Å². The second-order valence-corrected chi connectivity index (χ2v) is 8.57. The van der Waals surface area contributed by atoms with E-state index in [0.29, 0.717) is 15.6 Å². The molecule has 0 bridgehead atoms. The summed E-state index contributed by atoms with van der Waals surface area (Å²) in [7, 11) is 0. The van der Waals surface area contributed by atoms with Crippen LogP contribution in [-0.4, -0.2) is 21.9 Å². The summed E-state index contributed by atoms with van der Waals surface area (Å²) in [5, 5.41) is 5.47. The van der Waals surface area contributed by atoms with Gasteiger partial charge in [-0.15, -0.1) is 11.3 Å². The molecule has 2 aromatic carbocycles. The SMILES string of the molecule is O=C(NC1CCc2[nH]c3cc(Cl)cc(Cl)c3c2C1)c1ccc2ncsc2c1. The Bertz CT molecular complexity index is 1200. The van der Waals surface area contributed by atoms with Gasteiger partial charge in [-0.1, -0.05) is 23.2 Å². The molecule has 1 atom stereocenters. The Morgan fingerprint density at radius 2 is 2.15 bits per heavy atom. The molecule has 0 saturated carbocycles. The van der Waals surface area contributed by atoms with Crippen molar-refractivity contribution >= 4 is 61.6 Å². The molecule has 0 saturated heterocycles. The van der Waals surface area contributed by atoms with Crippen LogP contribution < -0.4 is 5.32 Å². The number of fused-ring (bicyclic) bond motifs is 4. The third kappa shape index (κ3) is 3.00. The highest BCUT2D eigenvalue weighted by Crippen LogP contribution is 2.36. The van der Waals surface area contributed by atoms with Crippen LogP contribution in [0.15, 0.2) is 35.8 Å². The van der Waals surface area contributed by atoms with E-state index >= 15 is 0 Å². The summed E-state index contributed by atoms with van der Waals surface area (Å²) in [4.78, 5) is 20.4. The van der Waals surface area contributed by atoms with Crippen molar-refractivity contribution in [1.82, 2.24) is 15.3 Å². The molecule has 2 heterocycles. The number of hydrogen-bond acceptors (Lipinski definition) is 3. The van der Waals surface area contributed by atoms with Crippen LogP contribution >= 0.6 is 34.5 Å². The first-order chi connectivity index (χ1) is 13.1. The Morgan fingerprint density at radius 3 is 3.04 bits per heavy atom. The third-order valence-corrected chi connectivity index (χ3v) is 6.44. The maximum atomic E-state index is 12.7. The molecule has 4 aromatic rings. The van der Waals surface area contributed by atoms with Crippen molar-refractivity contribution in [3.05, 3.63) is 62.7 Å². The van der Waals surface area contributed by atoms with Crippen LogP contribution in [0.5, 0.6) is 0 Å². The predicted octanol–water partition coefficient (Wildman–Crippen LogP) is 5.37.